The molecule has 0 atom stereocenters. The van der Waals surface area contributed by atoms with Gasteiger partial charge in [0, 0.05) is 37.7 Å². The average Bonchev–Trinajstić information content (AvgIpc) is 2.90. The Hall–Kier alpha value is -2.82. The van der Waals surface area contributed by atoms with E-state index in [9.17, 15) is 0 Å². The highest BCUT2D eigenvalue weighted by Crippen LogP contribution is 2.20. The van der Waals surface area contributed by atoms with Crippen LogP contribution in [0.3, 0.4) is 0 Å². The van der Waals surface area contributed by atoms with Crippen LogP contribution in [0.5, 0.6) is 0 Å². The number of benzene rings is 1. The van der Waals surface area contributed by atoms with E-state index in [-0.39, 0.29) is 0 Å². The Morgan fingerprint density at radius 1 is 1.00 bits per heavy atom. The van der Waals surface area contributed by atoms with Crippen molar-refractivity contribution in [3.63, 3.8) is 0 Å². The fraction of sp³-hybridized carbons (Fsp3) is 0.125. The van der Waals surface area contributed by atoms with Gasteiger partial charge in [-0.2, -0.15) is 0 Å². The molecule has 0 saturated heterocycles. The molecule has 1 aliphatic heterocycles. The van der Waals surface area contributed by atoms with Crippen molar-refractivity contribution in [2.24, 2.45) is 9.98 Å². The first kappa shape index (κ1) is 13.2. The topological polar surface area (TPSA) is 53.7 Å². The second-order valence-corrected chi connectivity index (χ2v) is 4.87. The predicted octanol–water partition coefficient (Wildman–Crippen LogP) is 2.31. The van der Waals surface area contributed by atoms with Crippen LogP contribution in [0.1, 0.15) is 11.3 Å². The van der Waals surface area contributed by atoms with Gasteiger partial charge in [0.05, 0.1) is 17.6 Å². The summed E-state index contributed by atoms with van der Waals surface area (Å²) >= 11 is 0. The number of allylic oxidation sites excluding steroid dienone is 1. The van der Waals surface area contributed by atoms with E-state index < -0.39 is 0 Å². The van der Waals surface area contributed by atoms with Crippen LogP contribution in [0, 0.1) is 0 Å². The molecule has 0 amide bonds. The van der Waals surface area contributed by atoms with Crippen LogP contribution in [0.15, 0.2) is 65.1 Å². The van der Waals surface area contributed by atoms with Crippen molar-refractivity contribution in [2.75, 3.05) is 19.0 Å². The molecule has 0 fully saturated rings. The highest BCUT2D eigenvalue weighted by atomic mass is 15.1. The number of aliphatic imine (C=N–C) groups is 2. The van der Waals surface area contributed by atoms with E-state index in [2.05, 4.69) is 31.4 Å². The molecule has 0 radical (unpaired) electrons. The molecule has 0 bridgehead atoms. The monoisotopic (exact) mass is 277 g/mol. The van der Waals surface area contributed by atoms with Crippen molar-refractivity contribution in [1.29, 1.82) is 0 Å². The molecule has 21 heavy (non-hydrogen) atoms. The van der Waals surface area contributed by atoms with Crippen LogP contribution < -0.4 is 4.90 Å². The number of rotatable bonds is 3. The predicted molar refractivity (Wildman–Crippen MR) is 85.0 cm³/mol. The van der Waals surface area contributed by atoms with E-state index in [1.807, 2.05) is 38.4 Å². The van der Waals surface area contributed by atoms with E-state index in [4.69, 9.17) is 0 Å². The van der Waals surface area contributed by atoms with Gasteiger partial charge in [0.15, 0.2) is 5.84 Å². The first-order valence-corrected chi connectivity index (χ1v) is 6.56. The summed E-state index contributed by atoms with van der Waals surface area (Å²) in [7, 11) is 4.02. The third kappa shape index (κ3) is 2.58. The summed E-state index contributed by atoms with van der Waals surface area (Å²) in [5.41, 5.74) is 4.21. The molecule has 0 aliphatic carbocycles. The molecule has 1 aromatic carbocycles. The standard InChI is InChI=1S/C16H15N5/c1-11-15(12-4-6-13(7-5-12)21(2)3)20-16(19-11)14-10-17-8-9-18-14/h4-10H,1H2,2-3H3. The lowest BCUT2D eigenvalue weighted by molar-refractivity contribution is 1.13. The summed E-state index contributed by atoms with van der Waals surface area (Å²) in [4.78, 5) is 19.2. The van der Waals surface area contributed by atoms with Gasteiger partial charge in [-0.25, -0.2) is 15.0 Å². The van der Waals surface area contributed by atoms with Gasteiger partial charge in [-0.3, -0.25) is 4.98 Å². The molecule has 3 rings (SSSR count). The molecule has 0 saturated carbocycles. The second-order valence-electron chi connectivity index (χ2n) is 4.87. The summed E-state index contributed by atoms with van der Waals surface area (Å²) in [6, 6.07) is 8.14. The summed E-state index contributed by atoms with van der Waals surface area (Å²) in [6.45, 7) is 3.97. The molecule has 0 unspecified atom stereocenters. The molecule has 1 aliphatic rings. The summed E-state index contributed by atoms with van der Waals surface area (Å²) in [5.74, 6) is 0.555. The van der Waals surface area contributed by atoms with Crippen LogP contribution in [0.2, 0.25) is 0 Å². The Morgan fingerprint density at radius 3 is 2.38 bits per heavy atom. The van der Waals surface area contributed by atoms with Gasteiger partial charge in [0.25, 0.3) is 0 Å². The fourth-order valence-electron chi connectivity index (χ4n) is 2.05. The van der Waals surface area contributed by atoms with Gasteiger partial charge in [0.1, 0.15) is 5.69 Å². The number of hydrogen-bond donors (Lipinski definition) is 0. The van der Waals surface area contributed by atoms with Crippen molar-refractivity contribution in [2.45, 2.75) is 0 Å². The Bertz CT molecular complexity index is 727. The molecule has 1 aromatic heterocycles. The molecule has 5 heteroatoms. The first-order valence-electron chi connectivity index (χ1n) is 6.56. The van der Waals surface area contributed by atoms with Gasteiger partial charge in [0.2, 0.25) is 0 Å². The number of nitrogens with zero attached hydrogens (tertiary/aromatic N) is 5. The minimum absolute atomic E-state index is 0.555. The highest BCUT2D eigenvalue weighted by molar-refractivity contribution is 6.23. The minimum Gasteiger partial charge on any atom is -0.378 e. The molecular formula is C16H15N5. The van der Waals surface area contributed by atoms with Gasteiger partial charge < -0.3 is 4.90 Å². The SMILES string of the molecule is C=C1N=C(c2cnccn2)N=C1c1ccc(N(C)C)cc1. The maximum atomic E-state index is 4.54. The largest absolute Gasteiger partial charge is 0.378 e. The Labute approximate surface area is 123 Å². The quantitative estimate of drug-likeness (QED) is 0.865. The van der Waals surface area contributed by atoms with Crippen LogP contribution >= 0.6 is 0 Å². The van der Waals surface area contributed by atoms with Crippen LogP contribution in [-0.2, 0) is 0 Å². The molecule has 5 nitrogen and oxygen atoms in total. The molecule has 0 N–H and O–H groups in total. The number of hydrogen-bond acceptors (Lipinski definition) is 5. The zero-order valence-corrected chi connectivity index (χ0v) is 12.0. The van der Waals surface area contributed by atoms with Gasteiger partial charge in [-0.1, -0.05) is 18.7 Å². The molecule has 104 valence electrons. The molecule has 2 heterocycles. The van der Waals surface area contributed by atoms with E-state index >= 15 is 0 Å². The summed E-state index contributed by atoms with van der Waals surface area (Å²) < 4.78 is 0. The average molecular weight is 277 g/mol. The maximum absolute atomic E-state index is 4.54. The summed E-state index contributed by atoms with van der Waals surface area (Å²) in [5, 5.41) is 0. The third-order valence-corrected chi connectivity index (χ3v) is 3.18. The number of amidine groups is 1. The number of aromatic nitrogens is 2. The lowest BCUT2D eigenvalue weighted by Crippen LogP contribution is -2.09. The zero-order valence-electron chi connectivity index (χ0n) is 12.0. The first-order chi connectivity index (χ1) is 10.1. The van der Waals surface area contributed by atoms with E-state index in [1.54, 1.807) is 18.6 Å². The van der Waals surface area contributed by atoms with Crippen molar-refractivity contribution in [3.05, 3.63) is 66.4 Å². The normalized spacial score (nSPS) is 13.9. The van der Waals surface area contributed by atoms with Crippen molar-refractivity contribution >= 4 is 17.2 Å². The maximum Gasteiger partial charge on any atom is 0.181 e. The van der Waals surface area contributed by atoms with Crippen molar-refractivity contribution in [1.82, 2.24) is 9.97 Å². The van der Waals surface area contributed by atoms with E-state index in [1.165, 1.54) is 0 Å². The van der Waals surface area contributed by atoms with Gasteiger partial charge >= 0.3 is 0 Å². The Kier molecular flexibility index (Phi) is 3.31. The van der Waals surface area contributed by atoms with Gasteiger partial charge in [-0.05, 0) is 12.1 Å². The fourth-order valence-corrected chi connectivity index (χ4v) is 2.05. The summed E-state index contributed by atoms with van der Waals surface area (Å²) in [6.07, 6.45) is 4.89. The lowest BCUT2D eigenvalue weighted by Gasteiger charge is -2.12. The minimum atomic E-state index is 0.555. The smallest absolute Gasteiger partial charge is 0.181 e. The zero-order chi connectivity index (χ0) is 14.8. The van der Waals surface area contributed by atoms with Crippen molar-refractivity contribution in [3.8, 4) is 0 Å². The third-order valence-electron chi connectivity index (χ3n) is 3.18. The molecule has 2 aromatic rings. The molecular weight excluding hydrogens is 262 g/mol. The second kappa shape index (κ2) is 5.28. The van der Waals surface area contributed by atoms with Crippen LogP contribution in [0.4, 0.5) is 5.69 Å². The van der Waals surface area contributed by atoms with Crippen molar-refractivity contribution < 1.29 is 0 Å². The van der Waals surface area contributed by atoms with Crippen LogP contribution in [-0.4, -0.2) is 35.6 Å². The molecule has 0 spiro atoms. The van der Waals surface area contributed by atoms with Crippen LogP contribution in [0.25, 0.3) is 0 Å². The lowest BCUT2D eigenvalue weighted by atomic mass is 10.1. The Balaban J connectivity index is 1.92. The van der Waals surface area contributed by atoms with E-state index in [0.717, 1.165) is 17.0 Å². The number of anilines is 1. The van der Waals surface area contributed by atoms with Gasteiger partial charge in [-0.15, -0.1) is 0 Å². The van der Waals surface area contributed by atoms with E-state index in [0.29, 0.717) is 17.2 Å². The highest BCUT2D eigenvalue weighted by Gasteiger charge is 2.18. The Morgan fingerprint density at radius 2 is 1.76 bits per heavy atom.